The molecule has 0 saturated carbocycles. The Morgan fingerprint density at radius 1 is 1.67 bits per heavy atom. The first-order valence-corrected chi connectivity index (χ1v) is 2.70. The third-order valence-electron chi connectivity index (χ3n) is 0.849. The van der Waals surface area contributed by atoms with E-state index in [1.807, 2.05) is 0 Å². The zero-order valence-corrected chi connectivity index (χ0v) is 5.57. The van der Waals surface area contributed by atoms with Crippen molar-refractivity contribution in [3.8, 4) is 0 Å². The van der Waals surface area contributed by atoms with Gasteiger partial charge in [-0.1, -0.05) is 0 Å². The van der Waals surface area contributed by atoms with E-state index in [0.29, 0.717) is 5.82 Å². The maximum absolute atomic E-state index is 4.36. The Morgan fingerprint density at radius 3 is 2.89 bits per heavy atom. The zero-order chi connectivity index (χ0) is 6.69. The molecular weight excluding hydrogens is 136 g/mol. The van der Waals surface area contributed by atoms with Crippen LogP contribution in [0.2, 0.25) is 0 Å². The molecular formula is C4H4N4S. The van der Waals surface area contributed by atoms with Gasteiger partial charge in [-0.3, -0.25) is 0 Å². The maximum Gasteiger partial charge on any atom is 0.206 e. The number of H-pyrrole nitrogens is 1. The number of nitrogens with zero attached hydrogens (tertiary/aromatic N) is 3. The van der Waals surface area contributed by atoms with E-state index in [-0.39, 0.29) is 0 Å². The number of rotatable bonds is 1. The fraction of sp³-hybridized carbons (Fsp3) is 0.250. The summed E-state index contributed by atoms with van der Waals surface area (Å²) >= 11 is 4.36. The summed E-state index contributed by atoms with van der Waals surface area (Å²) in [7, 11) is 0. The normalized spacial score (nSPS) is 8.56. The predicted molar refractivity (Wildman–Crippen MR) is 35.8 cm³/mol. The molecule has 0 aromatic carbocycles. The molecule has 1 N–H and O–H groups in total. The molecule has 0 bridgehead atoms. The quantitative estimate of drug-likeness (QED) is 0.464. The molecule has 0 aliphatic heterocycles. The van der Waals surface area contributed by atoms with Gasteiger partial charge in [0.2, 0.25) is 5.82 Å². The lowest BCUT2D eigenvalue weighted by molar-refractivity contribution is 0.928. The van der Waals surface area contributed by atoms with Crippen LogP contribution in [0.15, 0.2) is 4.99 Å². The van der Waals surface area contributed by atoms with Crippen molar-refractivity contribution in [1.29, 1.82) is 0 Å². The molecule has 9 heavy (non-hydrogen) atoms. The molecule has 0 unspecified atom stereocenters. The van der Waals surface area contributed by atoms with Gasteiger partial charge in [-0.2, -0.15) is 15.3 Å². The molecule has 46 valence electrons. The summed E-state index contributed by atoms with van der Waals surface area (Å²) in [6.45, 7) is 1.79. The lowest BCUT2D eigenvalue weighted by Crippen LogP contribution is -1.67. The number of aromatic nitrogens is 3. The van der Waals surface area contributed by atoms with Gasteiger partial charge in [-0.15, -0.1) is 5.10 Å². The van der Waals surface area contributed by atoms with Gasteiger partial charge in [-0.05, 0) is 19.1 Å². The lowest BCUT2D eigenvalue weighted by atomic mass is 10.5. The average molecular weight is 140 g/mol. The Bertz CT molecular complexity index is 247. The summed E-state index contributed by atoms with van der Waals surface area (Å²) in [6, 6.07) is 0. The molecule has 1 rings (SSSR count). The Balaban J connectivity index is 3.07. The first kappa shape index (κ1) is 6.07. The van der Waals surface area contributed by atoms with E-state index in [1.54, 1.807) is 6.92 Å². The number of aromatic amines is 1. The highest BCUT2D eigenvalue weighted by atomic mass is 32.1. The van der Waals surface area contributed by atoms with Gasteiger partial charge >= 0.3 is 0 Å². The fourth-order valence-corrected chi connectivity index (χ4v) is 0.514. The second-order valence-corrected chi connectivity index (χ2v) is 1.62. The van der Waals surface area contributed by atoms with E-state index in [0.717, 1.165) is 5.69 Å². The smallest absolute Gasteiger partial charge is 0.196 e. The minimum atomic E-state index is 0.505. The van der Waals surface area contributed by atoms with E-state index in [9.17, 15) is 0 Å². The summed E-state index contributed by atoms with van der Waals surface area (Å²) in [6.07, 6.45) is 0. The van der Waals surface area contributed by atoms with Crippen LogP contribution in [0.5, 0.6) is 0 Å². The molecule has 0 aliphatic carbocycles. The zero-order valence-electron chi connectivity index (χ0n) is 4.75. The number of aryl methyl sites for hydroxylation is 1. The molecule has 5 heteroatoms. The van der Waals surface area contributed by atoms with Crippen LogP contribution in [0.3, 0.4) is 0 Å². The van der Waals surface area contributed by atoms with Crippen LogP contribution in [-0.2, 0) is 0 Å². The van der Waals surface area contributed by atoms with Crippen LogP contribution in [0.25, 0.3) is 0 Å². The van der Waals surface area contributed by atoms with Crippen LogP contribution in [0, 0.1) is 6.92 Å². The van der Waals surface area contributed by atoms with E-state index in [2.05, 4.69) is 37.8 Å². The van der Waals surface area contributed by atoms with Crippen LogP contribution < -0.4 is 0 Å². The highest BCUT2D eigenvalue weighted by Crippen LogP contribution is 2.07. The van der Waals surface area contributed by atoms with Gasteiger partial charge in [-0.25, -0.2) is 0 Å². The minimum absolute atomic E-state index is 0.505. The van der Waals surface area contributed by atoms with Crippen molar-refractivity contribution in [1.82, 2.24) is 15.4 Å². The van der Waals surface area contributed by atoms with Crippen molar-refractivity contribution in [2.24, 2.45) is 4.99 Å². The van der Waals surface area contributed by atoms with Gasteiger partial charge in [0.25, 0.3) is 0 Å². The topological polar surface area (TPSA) is 53.9 Å². The molecule has 1 heterocycles. The SMILES string of the molecule is Cc1n[nH]nc1N=C=S. The van der Waals surface area contributed by atoms with Gasteiger partial charge in [0.15, 0.2) is 0 Å². The molecule has 1 aromatic rings. The van der Waals surface area contributed by atoms with Crippen molar-refractivity contribution in [3.63, 3.8) is 0 Å². The molecule has 1 aromatic heterocycles. The summed E-state index contributed by atoms with van der Waals surface area (Å²) < 4.78 is 0. The molecule has 0 amide bonds. The van der Waals surface area contributed by atoms with Crippen LogP contribution >= 0.6 is 12.2 Å². The molecule has 4 nitrogen and oxygen atoms in total. The number of hydrogen-bond donors (Lipinski definition) is 1. The van der Waals surface area contributed by atoms with Crippen molar-refractivity contribution in [3.05, 3.63) is 5.69 Å². The summed E-state index contributed by atoms with van der Waals surface area (Å²) in [5, 5.41) is 12.0. The molecule has 0 atom stereocenters. The number of hydrogen-bond acceptors (Lipinski definition) is 4. The second kappa shape index (κ2) is 2.48. The molecule has 0 spiro atoms. The van der Waals surface area contributed by atoms with Crippen molar-refractivity contribution < 1.29 is 0 Å². The average Bonchev–Trinajstić information content (AvgIpc) is 2.18. The molecule has 0 fully saturated rings. The maximum atomic E-state index is 4.36. The molecule has 0 radical (unpaired) electrons. The third-order valence-corrected chi connectivity index (χ3v) is 0.940. The number of thiocarbonyl (C=S) groups is 1. The molecule has 0 saturated heterocycles. The highest BCUT2D eigenvalue weighted by molar-refractivity contribution is 7.78. The fourth-order valence-electron chi connectivity index (χ4n) is 0.427. The summed E-state index contributed by atoms with van der Waals surface area (Å²) in [5.41, 5.74) is 0.729. The number of nitrogens with one attached hydrogen (secondary N) is 1. The lowest BCUT2D eigenvalue weighted by Gasteiger charge is -1.76. The number of isothiocyanates is 1. The Morgan fingerprint density at radius 2 is 2.44 bits per heavy atom. The van der Waals surface area contributed by atoms with Crippen molar-refractivity contribution >= 4 is 23.2 Å². The Hall–Kier alpha value is -1.06. The van der Waals surface area contributed by atoms with Crippen LogP contribution in [0.4, 0.5) is 5.82 Å². The van der Waals surface area contributed by atoms with Crippen LogP contribution in [-0.4, -0.2) is 20.6 Å². The molecule has 0 aliphatic rings. The third kappa shape index (κ3) is 1.19. The van der Waals surface area contributed by atoms with Gasteiger partial charge in [0.05, 0.1) is 5.16 Å². The summed E-state index contributed by atoms with van der Waals surface area (Å²) in [5.74, 6) is 0.505. The van der Waals surface area contributed by atoms with E-state index in [1.165, 1.54) is 0 Å². The standard InChI is InChI=1S/C4H4N4S/c1-3-4(5-2-9)7-8-6-3/h1H3,(H,6,7,8). The highest BCUT2D eigenvalue weighted by Gasteiger charge is 1.96. The number of aliphatic imine (C=N–C) groups is 1. The van der Waals surface area contributed by atoms with Crippen molar-refractivity contribution in [2.45, 2.75) is 6.92 Å². The first-order chi connectivity index (χ1) is 4.34. The minimum Gasteiger partial charge on any atom is -0.196 e. The largest absolute Gasteiger partial charge is 0.206 e. The van der Waals surface area contributed by atoms with Crippen molar-refractivity contribution in [2.75, 3.05) is 0 Å². The second-order valence-electron chi connectivity index (χ2n) is 1.44. The van der Waals surface area contributed by atoms with Gasteiger partial charge in [0.1, 0.15) is 5.69 Å². The van der Waals surface area contributed by atoms with Gasteiger partial charge < -0.3 is 0 Å². The predicted octanol–water partition coefficient (Wildman–Crippen LogP) is 0.847. The van der Waals surface area contributed by atoms with Gasteiger partial charge in [0, 0.05) is 0 Å². The first-order valence-electron chi connectivity index (χ1n) is 2.30. The van der Waals surface area contributed by atoms with Crippen LogP contribution in [0.1, 0.15) is 5.69 Å². The van der Waals surface area contributed by atoms with E-state index < -0.39 is 0 Å². The Kier molecular flexibility index (Phi) is 1.67. The van der Waals surface area contributed by atoms with E-state index in [4.69, 9.17) is 0 Å². The van der Waals surface area contributed by atoms with E-state index >= 15 is 0 Å². The monoisotopic (exact) mass is 140 g/mol. The summed E-state index contributed by atoms with van der Waals surface area (Å²) in [4.78, 5) is 3.63. The Labute approximate surface area is 57.0 Å².